The summed E-state index contributed by atoms with van der Waals surface area (Å²) < 4.78 is 19.1. The predicted octanol–water partition coefficient (Wildman–Crippen LogP) is 4.97. The predicted molar refractivity (Wildman–Crippen MR) is 112 cm³/mol. The minimum absolute atomic E-state index is 0.176. The van der Waals surface area contributed by atoms with Crippen molar-refractivity contribution in [3.63, 3.8) is 0 Å². The second kappa shape index (κ2) is 8.65. The van der Waals surface area contributed by atoms with Crippen LogP contribution in [0.1, 0.15) is 0 Å². The van der Waals surface area contributed by atoms with Gasteiger partial charge in [-0.1, -0.05) is 30.3 Å². The first kappa shape index (κ1) is 18.8. The third-order valence-electron chi connectivity index (χ3n) is 4.84. The third kappa shape index (κ3) is 4.66. The first-order chi connectivity index (χ1) is 14.2. The van der Waals surface area contributed by atoms with Crippen LogP contribution in [0.5, 0.6) is 11.5 Å². The summed E-state index contributed by atoms with van der Waals surface area (Å²) >= 11 is 0. The lowest BCUT2D eigenvalue weighted by molar-refractivity contribution is 0.208. The van der Waals surface area contributed by atoms with Crippen molar-refractivity contribution in [1.82, 2.24) is 4.90 Å². The number of urea groups is 1. The second-order valence-electron chi connectivity index (χ2n) is 6.79. The Hall–Kier alpha value is -3.54. The molecule has 29 heavy (non-hydrogen) atoms. The molecule has 0 saturated carbocycles. The molecular formula is C23H22FN3O2. The van der Waals surface area contributed by atoms with E-state index in [1.807, 2.05) is 54.6 Å². The summed E-state index contributed by atoms with van der Waals surface area (Å²) in [5.74, 6) is 1.26. The van der Waals surface area contributed by atoms with E-state index in [9.17, 15) is 9.18 Å². The Labute approximate surface area is 169 Å². The largest absolute Gasteiger partial charge is 0.455 e. The molecule has 4 rings (SSSR count). The van der Waals surface area contributed by atoms with E-state index in [1.54, 1.807) is 17.0 Å². The van der Waals surface area contributed by atoms with Gasteiger partial charge in [0.15, 0.2) is 5.75 Å². The number of halogens is 1. The maximum absolute atomic E-state index is 13.0. The summed E-state index contributed by atoms with van der Waals surface area (Å²) in [5.41, 5.74) is 1.59. The van der Waals surface area contributed by atoms with Crippen molar-refractivity contribution >= 4 is 17.4 Å². The van der Waals surface area contributed by atoms with Crippen LogP contribution in [0.2, 0.25) is 0 Å². The monoisotopic (exact) mass is 391 g/mol. The molecule has 0 unspecified atom stereocenters. The van der Waals surface area contributed by atoms with Gasteiger partial charge in [0.1, 0.15) is 11.6 Å². The second-order valence-corrected chi connectivity index (χ2v) is 6.79. The van der Waals surface area contributed by atoms with Gasteiger partial charge in [0, 0.05) is 31.9 Å². The van der Waals surface area contributed by atoms with Crippen molar-refractivity contribution in [1.29, 1.82) is 0 Å². The summed E-state index contributed by atoms with van der Waals surface area (Å²) in [7, 11) is 0. The standard InChI is InChI=1S/C23H22FN3O2/c24-18-10-12-19(13-11-18)25-23(28)27-16-14-26(15-17-27)21-8-4-5-9-22(21)29-20-6-2-1-3-7-20/h1-13H,14-17H2,(H,25,28). The average Bonchev–Trinajstić information content (AvgIpc) is 2.77. The van der Waals surface area contributed by atoms with Gasteiger partial charge in [0.25, 0.3) is 0 Å². The molecular weight excluding hydrogens is 369 g/mol. The Morgan fingerprint density at radius 3 is 2.21 bits per heavy atom. The zero-order valence-electron chi connectivity index (χ0n) is 15.9. The highest BCUT2D eigenvalue weighted by atomic mass is 19.1. The van der Waals surface area contributed by atoms with Gasteiger partial charge in [-0.05, 0) is 48.5 Å². The number of hydrogen-bond donors (Lipinski definition) is 1. The molecule has 0 bridgehead atoms. The maximum atomic E-state index is 13.0. The van der Waals surface area contributed by atoms with Gasteiger partial charge in [-0.3, -0.25) is 0 Å². The van der Waals surface area contributed by atoms with Crippen molar-refractivity contribution in [2.75, 3.05) is 36.4 Å². The highest BCUT2D eigenvalue weighted by Gasteiger charge is 2.23. The Morgan fingerprint density at radius 1 is 0.828 bits per heavy atom. The van der Waals surface area contributed by atoms with Gasteiger partial charge in [-0.25, -0.2) is 9.18 Å². The zero-order valence-corrected chi connectivity index (χ0v) is 15.9. The molecule has 0 aliphatic carbocycles. The quantitative estimate of drug-likeness (QED) is 0.683. The summed E-state index contributed by atoms with van der Waals surface area (Å²) in [5, 5.41) is 2.81. The summed E-state index contributed by atoms with van der Waals surface area (Å²) in [6, 6.07) is 23.2. The topological polar surface area (TPSA) is 44.8 Å². The van der Waals surface area contributed by atoms with Crippen molar-refractivity contribution in [2.45, 2.75) is 0 Å². The number of nitrogens with zero attached hydrogens (tertiary/aromatic N) is 2. The molecule has 3 aromatic rings. The SMILES string of the molecule is O=C(Nc1ccc(F)cc1)N1CCN(c2ccccc2Oc2ccccc2)CC1. The van der Waals surface area contributed by atoms with E-state index < -0.39 is 0 Å². The number of rotatable bonds is 4. The first-order valence-corrected chi connectivity index (χ1v) is 9.57. The lowest BCUT2D eigenvalue weighted by Crippen LogP contribution is -2.50. The molecule has 5 nitrogen and oxygen atoms in total. The van der Waals surface area contributed by atoms with Gasteiger partial charge >= 0.3 is 6.03 Å². The summed E-state index contributed by atoms with van der Waals surface area (Å²) in [6.45, 7) is 2.58. The summed E-state index contributed by atoms with van der Waals surface area (Å²) in [6.07, 6.45) is 0. The molecule has 1 saturated heterocycles. The number of nitrogens with one attached hydrogen (secondary N) is 1. The molecule has 0 atom stereocenters. The number of hydrogen-bond acceptors (Lipinski definition) is 3. The molecule has 1 aliphatic rings. The number of carbonyl (C=O) groups excluding carboxylic acids is 1. The van der Waals surface area contributed by atoms with Gasteiger partial charge in [-0.2, -0.15) is 0 Å². The van der Waals surface area contributed by atoms with Crippen LogP contribution in [0.4, 0.5) is 20.6 Å². The van der Waals surface area contributed by atoms with Crippen molar-refractivity contribution in [3.8, 4) is 11.5 Å². The highest BCUT2D eigenvalue weighted by Crippen LogP contribution is 2.32. The van der Waals surface area contributed by atoms with Crippen LogP contribution < -0.4 is 15.0 Å². The average molecular weight is 391 g/mol. The van der Waals surface area contributed by atoms with E-state index in [0.29, 0.717) is 31.9 Å². The molecule has 1 N–H and O–H groups in total. The van der Waals surface area contributed by atoms with Gasteiger partial charge in [0.05, 0.1) is 5.69 Å². The van der Waals surface area contributed by atoms with Crippen LogP contribution in [0.15, 0.2) is 78.9 Å². The Kier molecular flexibility index (Phi) is 5.61. The van der Waals surface area contributed by atoms with E-state index in [4.69, 9.17) is 4.74 Å². The molecule has 0 aromatic heterocycles. The van der Waals surface area contributed by atoms with Gasteiger partial charge < -0.3 is 19.9 Å². The van der Waals surface area contributed by atoms with Crippen molar-refractivity contribution in [3.05, 3.63) is 84.7 Å². The van der Waals surface area contributed by atoms with E-state index in [-0.39, 0.29) is 11.8 Å². The molecule has 1 heterocycles. The number of para-hydroxylation sites is 3. The molecule has 6 heteroatoms. The fourth-order valence-electron chi connectivity index (χ4n) is 3.31. The molecule has 148 valence electrons. The Bertz CT molecular complexity index is 955. The smallest absolute Gasteiger partial charge is 0.321 e. The van der Waals surface area contributed by atoms with Crippen LogP contribution in [0, 0.1) is 5.82 Å². The minimum Gasteiger partial charge on any atom is -0.455 e. The van der Waals surface area contributed by atoms with Gasteiger partial charge in [-0.15, -0.1) is 0 Å². The van der Waals surface area contributed by atoms with Crippen LogP contribution in [-0.2, 0) is 0 Å². The van der Waals surface area contributed by atoms with Gasteiger partial charge in [0.2, 0.25) is 0 Å². The Morgan fingerprint density at radius 2 is 1.48 bits per heavy atom. The molecule has 2 amide bonds. The first-order valence-electron chi connectivity index (χ1n) is 9.57. The van der Waals surface area contributed by atoms with E-state index in [1.165, 1.54) is 12.1 Å². The van der Waals surface area contributed by atoms with Crippen LogP contribution >= 0.6 is 0 Å². The van der Waals surface area contributed by atoms with Crippen LogP contribution in [0.25, 0.3) is 0 Å². The number of benzene rings is 3. The number of piperazine rings is 1. The van der Waals surface area contributed by atoms with Crippen LogP contribution in [0.3, 0.4) is 0 Å². The molecule has 1 aliphatic heterocycles. The third-order valence-corrected chi connectivity index (χ3v) is 4.84. The van der Waals surface area contributed by atoms with Crippen molar-refractivity contribution < 1.29 is 13.9 Å². The minimum atomic E-state index is -0.326. The maximum Gasteiger partial charge on any atom is 0.321 e. The van der Waals surface area contributed by atoms with Crippen molar-refractivity contribution in [2.24, 2.45) is 0 Å². The number of anilines is 2. The molecule has 0 spiro atoms. The lowest BCUT2D eigenvalue weighted by Gasteiger charge is -2.36. The normalized spacial score (nSPS) is 13.8. The molecule has 3 aromatic carbocycles. The van der Waals surface area contributed by atoms with E-state index in [2.05, 4.69) is 10.2 Å². The van der Waals surface area contributed by atoms with Crippen LogP contribution in [-0.4, -0.2) is 37.1 Å². The highest BCUT2D eigenvalue weighted by molar-refractivity contribution is 5.89. The Balaban J connectivity index is 1.38. The van der Waals surface area contributed by atoms with E-state index in [0.717, 1.165) is 17.2 Å². The zero-order chi connectivity index (χ0) is 20.1. The molecule has 0 radical (unpaired) electrons. The fraction of sp³-hybridized carbons (Fsp3) is 0.174. The number of carbonyl (C=O) groups is 1. The summed E-state index contributed by atoms with van der Waals surface area (Å²) in [4.78, 5) is 16.5. The lowest BCUT2D eigenvalue weighted by atomic mass is 10.2. The number of amides is 2. The number of ether oxygens (including phenoxy) is 1. The molecule has 1 fully saturated rings. The fourth-order valence-corrected chi connectivity index (χ4v) is 3.31. The van der Waals surface area contributed by atoms with E-state index >= 15 is 0 Å².